The maximum absolute atomic E-state index is 5.85. The summed E-state index contributed by atoms with van der Waals surface area (Å²) in [6, 6.07) is 0. The van der Waals surface area contributed by atoms with Crippen molar-refractivity contribution in [2.75, 3.05) is 32.6 Å². The second-order valence-corrected chi connectivity index (χ2v) is 6.48. The number of nitrogens with two attached hydrogens (primary N) is 1. The van der Waals surface area contributed by atoms with Gasteiger partial charge in [0, 0.05) is 19.8 Å². The van der Waals surface area contributed by atoms with Gasteiger partial charge in [0.15, 0.2) is 5.82 Å². The van der Waals surface area contributed by atoms with Crippen LogP contribution in [0, 0.1) is 0 Å². The summed E-state index contributed by atoms with van der Waals surface area (Å²) in [5.41, 5.74) is 5.22. The Balaban J connectivity index is 3.18. The van der Waals surface area contributed by atoms with E-state index >= 15 is 0 Å². The first-order chi connectivity index (χ1) is 9.63. The van der Waals surface area contributed by atoms with Gasteiger partial charge in [-0.15, -0.1) is 0 Å². The van der Waals surface area contributed by atoms with Crippen LogP contribution in [-0.2, 0) is 13.3 Å². The van der Waals surface area contributed by atoms with Crippen molar-refractivity contribution in [1.82, 2.24) is 20.3 Å². The number of nitrogens with zero attached hydrogens (tertiary/aromatic N) is 3. The Kier molecular flexibility index (Phi) is 6.95. The summed E-state index contributed by atoms with van der Waals surface area (Å²) in [6.07, 6.45) is 1.37. The lowest BCUT2D eigenvalue weighted by Crippen LogP contribution is -2.56. The fourth-order valence-corrected chi connectivity index (χ4v) is 4.67. The van der Waals surface area contributed by atoms with Crippen molar-refractivity contribution in [2.24, 2.45) is 0 Å². The minimum Gasteiger partial charge on any atom is -0.373 e. The first-order valence-electron chi connectivity index (χ1n) is 6.67. The fourth-order valence-electron chi connectivity index (χ4n) is 1.90. The zero-order valence-electron chi connectivity index (χ0n) is 12.4. The molecule has 0 radical (unpaired) electrons. The average Bonchev–Trinajstić information content (AvgIpc) is 2.40. The Morgan fingerprint density at radius 1 is 1.15 bits per heavy atom. The van der Waals surface area contributed by atoms with Crippen molar-refractivity contribution < 1.29 is 13.3 Å². The Morgan fingerprint density at radius 2 is 1.70 bits per heavy atom. The molecule has 0 fully saturated rings. The third kappa shape index (κ3) is 3.93. The van der Waals surface area contributed by atoms with E-state index in [0.29, 0.717) is 25.6 Å². The number of nitrogens with one attached hydrogen (secondary N) is 1. The van der Waals surface area contributed by atoms with E-state index in [2.05, 4.69) is 20.3 Å². The first kappa shape index (κ1) is 16.9. The second-order valence-electron chi connectivity index (χ2n) is 3.83. The van der Waals surface area contributed by atoms with Crippen LogP contribution in [0.2, 0.25) is 0 Å². The molecule has 3 N–H and O–H groups in total. The van der Waals surface area contributed by atoms with Gasteiger partial charge >= 0.3 is 8.80 Å². The van der Waals surface area contributed by atoms with Gasteiger partial charge in [0.2, 0.25) is 5.95 Å². The van der Waals surface area contributed by atoms with Gasteiger partial charge in [0.05, 0.1) is 0 Å². The molecule has 1 aromatic heterocycles. The lowest BCUT2D eigenvalue weighted by atomic mass is 10.6. The first-order valence-corrected chi connectivity index (χ1v) is 8.47. The molecule has 1 atom stereocenters. The minimum absolute atomic E-state index is 0.155. The third-order valence-corrected chi connectivity index (χ3v) is 5.87. The van der Waals surface area contributed by atoms with Crippen LogP contribution in [0.1, 0.15) is 32.3 Å². The molecule has 0 aliphatic rings. The SMILES string of the molecule is CCO[Si](OCC)(OCC)C(NC)c1ncnc(N)n1. The van der Waals surface area contributed by atoms with Crippen molar-refractivity contribution in [3.05, 3.63) is 12.2 Å². The molecule has 0 saturated carbocycles. The number of aromatic nitrogens is 3. The van der Waals surface area contributed by atoms with E-state index in [1.807, 2.05) is 20.8 Å². The Hall–Kier alpha value is -1.13. The average molecular weight is 301 g/mol. The third-order valence-electron chi connectivity index (χ3n) is 2.55. The largest absolute Gasteiger partial charge is 0.526 e. The number of nitrogen functional groups attached to an aromatic ring is 1. The Labute approximate surface area is 120 Å². The highest BCUT2D eigenvalue weighted by Gasteiger charge is 2.51. The standard InChI is InChI=1S/C11H23N5O3Si/c1-5-17-20(18-6-2,19-7-3)10(13-4)9-14-8-15-11(12)16-9/h8,10,13H,5-7H2,1-4H3,(H2,12,14,15,16). The summed E-state index contributed by atoms with van der Waals surface area (Å²) in [4.78, 5) is 12.1. The number of anilines is 1. The Bertz CT molecular complexity index is 392. The minimum atomic E-state index is -3.01. The van der Waals surface area contributed by atoms with Crippen molar-refractivity contribution in [2.45, 2.75) is 26.4 Å². The summed E-state index contributed by atoms with van der Waals surface area (Å²) in [5.74, 6) is 0.615. The van der Waals surface area contributed by atoms with Gasteiger partial charge in [0.1, 0.15) is 12.0 Å². The van der Waals surface area contributed by atoms with Gasteiger partial charge in [-0.3, -0.25) is 0 Å². The van der Waals surface area contributed by atoms with Gasteiger partial charge in [-0.2, -0.15) is 4.98 Å². The number of hydrogen-bond donors (Lipinski definition) is 2. The summed E-state index contributed by atoms with van der Waals surface area (Å²) in [6.45, 7) is 7.12. The van der Waals surface area contributed by atoms with Gasteiger partial charge in [-0.25, -0.2) is 9.97 Å². The second kappa shape index (κ2) is 8.22. The van der Waals surface area contributed by atoms with Crippen LogP contribution in [0.5, 0.6) is 0 Å². The normalized spacial score (nSPS) is 13.4. The zero-order chi connectivity index (χ0) is 15.0. The molecule has 0 amide bonds. The van der Waals surface area contributed by atoms with E-state index in [9.17, 15) is 0 Å². The van der Waals surface area contributed by atoms with Crippen molar-refractivity contribution in [1.29, 1.82) is 0 Å². The molecule has 114 valence electrons. The molecule has 0 aliphatic carbocycles. The zero-order valence-corrected chi connectivity index (χ0v) is 13.4. The maximum atomic E-state index is 5.85. The summed E-state index contributed by atoms with van der Waals surface area (Å²) >= 11 is 0. The van der Waals surface area contributed by atoms with Crippen LogP contribution in [0.4, 0.5) is 5.95 Å². The van der Waals surface area contributed by atoms with Crippen LogP contribution in [0.15, 0.2) is 6.33 Å². The van der Waals surface area contributed by atoms with Crippen LogP contribution < -0.4 is 11.1 Å². The quantitative estimate of drug-likeness (QED) is 0.628. The smallest absolute Gasteiger partial charge is 0.373 e. The molecule has 9 heteroatoms. The van der Waals surface area contributed by atoms with Crippen LogP contribution in [-0.4, -0.2) is 50.6 Å². The number of hydrogen-bond acceptors (Lipinski definition) is 8. The molecule has 0 saturated heterocycles. The van der Waals surface area contributed by atoms with Crippen LogP contribution >= 0.6 is 0 Å². The van der Waals surface area contributed by atoms with E-state index in [1.165, 1.54) is 6.33 Å². The highest BCUT2D eigenvalue weighted by Crippen LogP contribution is 2.25. The van der Waals surface area contributed by atoms with E-state index in [-0.39, 0.29) is 5.95 Å². The predicted octanol–water partition coefficient (Wildman–Crippen LogP) is 0.302. The molecule has 0 spiro atoms. The fraction of sp³-hybridized carbons (Fsp3) is 0.727. The summed E-state index contributed by atoms with van der Waals surface area (Å²) in [7, 11) is -1.23. The number of rotatable bonds is 9. The van der Waals surface area contributed by atoms with Gasteiger partial charge < -0.3 is 24.3 Å². The summed E-state index contributed by atoms with van der Waals surface area (Å²) < 4.78 is 17.5. The molecule has 0 bridgehead atoms. The molecule has 0 aliphatic heterocycles. The summed E-state index contributed by atoms with van der Waals surface area (Å²) in [5, 5.41) is 3.12. The molecule has 20 heavy (non-hydrogen) atoms. The van der Waals surface area contributed by atoms with Crippen molar-refractivity contribution >= 4 is 14.8 Å². The lowest BCUT2D eigenvalue weighted by Gasteiger charge is -2.33. The van der Waals surface area contributed by atoms with Gasteiger partial charge in [0.25, 0.3) is 0 Å². The van der Waals surface area contributed by atoms with Crippen molar-refractivity contribution in [3.63, 3.8) is 0 Å². The highest BCUT2D eigenvalue weighted by molar-refractivity contribution is 6.62. The van der Waals surface area contributed by atoms with E-state index < -0.39 is 14.5 Å². The van der Waals surface area contributed by atoms with E-state index in [0.717, 1.165) is 0 Å². The van der Waals surface area contributed by atoms with Gasteiger partial charge in [-0.05, 0) is 27.8 Å². The molecule has 1 heterocycles. The monoisotopic (exact) mass is 301 g/mol. The predicted molar refractivity (Wildman–Crippen MR) is 76.7 cm³/mol. The molecular weight excluding hydrogens is 278 g/mol. The van der Waals surface area contributed by atoms with Crippen LogP contribution in [0.3, 0.4) is 0 Å². The Morgan fingerprint density at radius 3 is 2.10 bits per heavy atom. The molecular formula is C11H23N5O3Si. The van der Waals surface area contributed by atoms with Gasteiger partial charge in [-0.1, -0.05) is 0 Å². The molecule has 1 rings (SSSR count). The molecule has 0 aromatic carbocycles. The van der Waals surface area contributed by atoms with Crippen LogP contribution in [0.25, 0.3) is 0 Å². The molecule has 8 nitrogen and oxygen atoms in total. The highest BCUT2D eigenvalue weighted by atomic mass is 28.4. The topological polar surface area (TPSA) is 104 Å². The lowest BCUT2D eigenvalue weighted by molar-refractivity contribution is 0.0577. The van der Waals surface area contributed by atoms with Crippen molar-refractivity contribution in [3.8, 4) is 0 Å². The van der Waals surface area contributed by atoms with E-state index in [4.69, 9.17) is 19.0 Å². The maximum Gasteiger partial charge on any atom is 0.526 e. The molecule has 1 unspecified atom stereocenters. The van der Waals surface area contributed by atoms with E-state index in [1.54, 1.807) is 7.05 Å². The molecule has 1 aromatic rings.